The van der Waals surface area contributed by atoms with Crippen LogP contribution in [0.3, 0.4) is 0 Å². The molecule has 2 N–H and O–H groups in total. The predicted octanol–water partition coefficient (Wildman–Crippen LogP) is 3.84. The highest BCUT2D eigenvalue weighted by molar-refractivity contribution is 5.93. The van der Waals surface area contributed by atoms with E-state index in [1.807, 2.05) is 35.0 Å². The van der Waals surface area contributed by atoms with Gasteiger partial charge in [-0.25, -0.2) is 0 Å². The summed E-state index contributed by atoms with van der Waals surface area (Å²) in [5.74, 6) is -0.450. The molecule has 6 nitrogen and oxygen atoms in total. The monoisotopic (exact) mass is 458 g/mol. The van der Waals surface area contributed by atoms with E-state index in [1.54, 1.807) is 19.2 Å². The van der Waals surface area contributed by atoms with Crippen LogP contribution in [-0.2, 0) is 25.9 Å². The second kappa shape index (κ2) is 9.66. The van der Waals surface area contributed by atoms with Crippen molar-refractivity contribution >= 4 is 5.91 Å². The molecule has 1 atom stereocenters. The maximum Gasteiger partial charge on any atom is 0.573 e. The lowest BCUT2D eigenvalue weighted by Gasteiger charge is -2.25. The molecule has 0 radical (unpaired) electrons. The number of hydrogen-bond donors (Lipinski definition) is 2. The molecule has 2 aromatic carbocycles. The molecule has 0 saturated heterocycles. The molecule has 0 aliphatic heterocycles. The van der Waals surface area contributed by atoms with E-state index in [4.69, 9.17) is 0 Å². The van der Waals surface area contributed by atoms with E-state index in [1.165, 1.54) is 12.1 Å². The van der Waals surface area contributed by atoms with Gasteiger partial charge in [0.05, 0.1) is 6.54 Å². The summed E-state index contributed by atoms with van der Waals surface area (Å²) in [6.07, 6.45) is -2.40. The van der Waals surface area contributed by atoms with Gasteiger partial charge in [0.15, 0.2) is 5.69 Å². The summed E-state index contributed by atoms with van der Waals surface area (Å²) in [6, 6.07) is 15.9. The third-order valence-corrected chi connectivity index (χ3v) is 5.72. The molecule has 174 valence electrons. The van der Waals surface area contributed by atoms with Gasteiger partial charge < -0.3 is 15.4 Å². The molecule has 4 rings (SSSR count). The summed E-state index contributed by atoms with van der Waals surface area (Å²) in [6.45, 7) is 1.10. The normalized spacial score (nSPS) is 15.7. The minimum atomic E-state index is -4.70. The van der Waals surface area contributed by atoms with Crippen molar-refractivity contribution in [2.75, 3.05) is 7.05 Å². The van der Waals surface area contributed by atoms with Crippen molar-refractivity contribution < 1.29 is 22.7 Å². The highest BCUT2D eigenvalue weighted by Crippen LogP contribution is 2.27. The van der Waals surface area contributed by atoms with Gasteiger partial charge in [-0.15, -0.1) is 13.2 Å². The van der Waals surface area contributed by atoms with Crippen molar-refractivity contribution in [2.45, 2.75) is 44.8 Å². The van der Waals surface area contributed by atoms with Gasteiger partial charge in [-0.05, 0) is 42.5 Å². The minimum Gasteiger partial charge on any atom is -0.406 e. The number of rotatable bonds is 7. The molecule has 9 heteroatoms. The molecule has 1 aliphatic rings. The van der Waals surface area contributed by atoms with Gasteiger partial charge in [0.25, 0.3) is 5.91 Å². The van der Waals surface area contributed by atoms with E-state index < -0.39 is 6.36 Å². The molecular weight excluding hydrogens is 433 g/mol. The first-order valence-electron chi connectivity index (χ1n) is 10.7. The Bertz CT molecular complexity index is 1100. The largest absolute Gasteiger partial charge is 0.573 e. The maximum atomic E-state index is 12.5. The van der Waals surface area contributed by atoms with Gasteiger partial charge in [-0.3, -0.25) is 9.48 Å². The van der Waals surface area contributed by atoms with Crippen LogP contribution in [-0.4, -0.2) is 35.1 Å². The summed E-state index contributed by atoms with van der Waals surface area (Å²) < 4.78 is 42.8. The van der Waals surface area contributed by atoms with Crippen molar-refractivity contribution in [1.29, 1.82) is 0 Å². The molecule has 1 heterocycles. The van der Waals surface area contributed by atoms with Gasteiger partial charge in [0.2, 0.25) is 0 Å². The van der Waals surface area contributed by atoms with Crippen LogP contribution in [0.1, 0.15) is 39.3 Å². The Kier molecular flexibility index (Phi) is 6.69. The Hall–Kier alpha value is -3.33. The zero-order chi connectivity index (χ0) is 23.4. The zero-order valence-electron chi connectivity index (χ0n) is 18.2. The number of benzene rings is 2. The van der Waals surface area contributed by atoms with Gasteiger partial charge in [-0.1, -0.05) is 42.5 Å². The number of halogens is 3. The SMILES string of the molecule is CNC(=O)c1nn(Cc2ccccc2)c2c1C[C@H](NCc1ccc(OC(F)(F)F)cc1)CC2. The summed E-state index contributed by atoms with van der Waals surface area (Å²) in [7, 11) is 1.59. The fourth-order valence-corrected chi connectivity index (χ4v) is 4.12. The smallest absolute Gasteiger partial charge is 0.406 e. The summed E-state index contributed by atoms with van der Waals surface area (Å²) in [5, 5.41) is 10.8. The number of hydrogen-bond acceptors (Lipinski definition) is 4. The molecule has 33 heavy (non-hydrogen) atoms. The molecule has 1 aromatic heterocycles. The molecule has 3 aromatic rings. The first-order valence-corrected chi connectivity index (χ1v) is 10.7. The van der Waals surface area contributed by atoms with Gasteiger partial charge in [-0.2, -0.15) is 5.10 Å². The van der Waals surface area contributed by atoms with Crippen LogP contribution in [0.15, 0.2) is 54.6 Å². The van der Waals surface area contributed by atoms with Crippen LogP contribution in [0.4, 0.5) is 13.2 Å². The van der Waals surface area contributed by atoms with Gasteiger partial charge in [0.1, 0.15) is 5.75 Å². The third-order valence-electron chi connectivity index (χ3n) is 5.72. The van der Waals surface area contributed by atoms with Crippen LogP contribution in [0.25, 0.3) is 0 Å². The second-order valence-electron chi connectivity index (χ2n) is 8.01. The molecule has 0 bridgehead atoms. The highest BCUT2D eigenvalue weighted by atomic mass is 19.4. The second-order valence-corrected chi connectivity index (χ2v) is 8.01. The van der Waals surface area contributed by atoms with Crippen LogP contribution in [0, 0.1) is 0 Å². The van der Waals surface area contributed by atoms with E-state index in [-0.39, 0.29) is 17.7 Å². The lowest BCUT2D eigenvalue weighted by Crippen LogP contribution is -2.35. The van der Waals surface area contributed by atoms with Crippen molar-refractivity contribution in [2.24, 2.45) is 0 Å². The lowest BCUT2D eigenvalue weighted by molar-refractivity contribution is -0.274. The molecule has 1 aliphatic carbocycles. The van der Waals surface area contributed by atoms with Crippen molar-refractivity contribution in [3.63, 3.8) is 0 Å². The number of nitrogens with zero attached hydrogens (tertiary/aromatic N) is 2. The number of aromatic nitrogens is 2. The molecule has 0 spiro atoms. The number of carbonyl (C=O) groups excluding carboxylic acids is 1. The van der Waals surface area contributed by atoms with E-state index in [0.717, 1.165) is 35.2 Å². The van der Waals surface area contributed by atoms with Crippen LogP contribution >= 0.6 is 0 Å². The average Bonchev–Trinajstić information content (AvgIpc) is 3.15. The standard InChI is InChI=1S/C24H25F3N4O2/c1-28-23(32)22-20-13-18(29-14-16-7-10-19(11-8-16)33-24(25,26)27)9-12-21(20)31(30-22)15-17-5-3-2-4-6-17/h2-8,10-11,18,29H,9,12-15H2,1H3,(H,28,32)/t18-/m1/s1. The van der Waals surface area contributed by atoms with Gasteiger partial charge >= 0.3 is 6.36 Å². The highest BCUT2D eigenvalue weighted by Gasteiger charge is 2.31. The van der Waals surface area contributed by atoms with Crippen LogP contribution in [0.5, 0.6) is 5.75 Å². The predicted molar refractivity (Wildman–Crippen MR) is 117 cm³/mol. The zero-order valence-corrected chi connectivity index (χ0v) is 18.2. The third kappa shape index (κ3) is 5.73. The molecule has 0 fully saturated rings. The number of alkyl halides is 3. The Balaban J connectivity index is 1.44. The van der Waals surface area contributed by atoms with Crippen molar-refractivity contribution in [3.05, 3.63) is 82.7 Å². The quantitative estimate of drug-likeness (QED) is 0.565. The Morgan fingerprint density at radius 2 is 1.85 bits per heavy atom. The fraction of sp³-hybridized carbons (Fsp3) is 0.333. The first-order chi connectivity index (χ1) is 15.8. The number of carbonyl (C=O) groups is 1. The number of ether oxygens (including phenoxy) is 1. The Morgan fingerprint density at radius 1 is 1.12 bits per heavy atom. The Labute approximate surface area is 189 Å². The van der Waals surface area contributed by atoms with Crippen molar-refractivity contribution in [3.8, 4) is 5.75 Å². The number of fused-ring (bicyclic) bond motifs is 1. The topological polar surface area (TPSA) is 68.2 Å². The van der Waals surface area contributed by atoms with Crippen LogP contribution < -0.4 is 15.4 Å². The lowest BCUT2D eigenvalue weighted by atomic mass is 9.91. The van der Waals surface area contributed by atoms with E-state index in [2.05, 4.69) is 20.5 Å². The number of nitrogens with one attached hydrogen (secondary N) is 2. The maximum absolute atomic E-state index is 12.5. The van der Waals surface area contributed by atoms with E-state index >= 15 is 0 Å². The summed E-state index contributed by atoms with van der Waals surface area (Å²) in [4.78, 5) is 12.5. The number of amides is 1. The molecular formula is C24H25F3N4O2. The van der Waals surface area contributed by atoms with Crippen LogP contribution in [0.2, 0.25) is 0 Å². The van der Waals surface area contributed by atoms with E-state index in [0.29, 0.717) is 25.2 Å². The summed E-state index contributed by atoms with van der Waals surface area (Å²) in [5.41, 5.74) is 4.43. The Morgan fingerprint density at radius 3 is 2.52 bits per heavy atom. The molecule has 0 saturated carbocycles. The van der Waals surface area contributed by atoms with Gasteiger partial charge in [0, 0.05) is 30.9 Å². The minimum absolute atomic E-state index is 0.126. The molecule has 1 amide bonds. The van der Waals surface area contributed by atoms with E-state index in [9.17, 15) is 18.0 Å². The van der Waals surface area contributed by atoms with Crippen molar-refractivity contribution in [1.82, 2.24) is 20.4 Å². The fourth-order valence-electron chi connectivity index (χ4n) is 4.12. The average molecular weight is 458 g/mol. The summed E-state index contributed by atoms with van der Waals surface area (Å²) >= 11 is 0. The first kappa shape index (κ1) is 22.8. The molecule has 0 unspecified atom stereocenters.